The van der Waals surface area contributed by atoms with Crippen molar-refractivity contribution in [1.29, 1.82) is 0 Å². The molecule has 1 aromatic rings. The first-order chi connectivity index (χ1) is 7.81. The number of ether oxygens (including phenoxy) is 2. The Morgan fingerprint density at radius 1 is 1.50 bits per heavy atom. The first kappa shape index (κ1) is 10.5. The first-order valence-corrected chi connectivity index (χ1v) is 5.01. The molecule has 0 atom stereocenters. The number of benzene rings is 1. The van der Waals surface area contributed by atoms with E-state index >= 15 is 0 Å². The van der Waals surface area contributed by atoms with Crippen molar-refractivity contribution in [3.8, 4) is 5.75 Å². The molecule has 3 nitrogen and oxygen atoms in total. The Morgan fingerprint density at radius 3 is 3.12 bits per heavy atom. The van der Waals surface area contributed by atoms with Gasteiger partial charge in [0.15, 0.2) is 0 Å². The van der Waals surface area contributed by atoms with Crippen LogP contribution in [0.4, 0.5) is 0 Å². The van der Waals surface area contributed by atoms with Crippen LogP contribution in [0.15, 0.2) is 42.5 Å². The Kier molecular flexibility index (Phi) is 3.05. The van der Waals surface area contributed by atoms with Crippen LogP contribution >= 0.6 is 0 Å². The van der Waals surface area contributed by atoms with Crippen molar-refractivity contribution in [2.75, 3.05) is 13.2 Å². The van der Waals surface area contributed by atoms with E-state index in [0.717, 1.165) is 11.3 Å². The number of carbonyl (C=O) groups is 1. The maximum Gasteiger partial charge on any atom is 0.337 e. The highest BCUT2D eigenvalue weighted by Gasteiger charge is 2.17. The number of esters is 1. The molecule has 1 aromatic carbocycles. The summed E-state index contributed by atoms with van der Waals surface area (Å²) in [7, 11) is 0. The molecule has 0 aliphatic carbocycles. The second-order valence-corrected chi connectivity index (χ2v) is 3.38. The summed E-state index contributed by atoms with van der Waals surface area (Å²) >= 11 is 0. The minimum atomic E-state index is -0.352. The zero-order chi connectivity index (χ0) is 11.4. The zero-order valence-electron chi connectivity index (χ0n) is 8.81. The molecule has 0 amide bonds. The van der Waals surface area contributed by atoms with Crippen LogP contribution in [0.3, 0.4) is 0 Å². The van der Waals surface area contributed by atoms with Crippen LogP contribution in [-0.2, 0) is 9.53 Å². The highest BCUT2D eigenvalue weighted by atomic mass is 16.5. The summed E-state index contributed by atoms with van der Waals surface area (Å²) in [6.45, 7) is 3.96. The molecule has 0 saturated carbocycles. The molecule has 0 bridgehead atoms. The van der Waals surface area contributed by atoms with Crippen LogP contribution in [0.1, 0.15) is 5.56 Å². The summed E-state index contributed by atoms with van der Waals surface area (Å²) < 4.78 is 10.4. The minimum absolute atomic E-state index is 0.220. The van der Waals surface area contributed by atoms with Gasteiger partial charge in [-0.05, 0) is 12.1 Å². The van der Waals surface area contributed by atoms with Crippen LogP contribution in [0.2, 0.25) is 0 Å². The maximum absolute atomic E-state index is 11.5. The Hall–Kier alpha value is -2.03. The molecule has 1 aliphatic heterocycles. The third-order valence-electron chi connectivity index (χ3n) is 2.23. The van der Waals surface area contributed by atoms with Crippen LogP contribution < -0.4 is 4.74 Å². The summed E-state index contributed by atoms with van der Waals surface area (Å²) in [6, 6.07) is 7.57. The molecule has 0 radical (unpaired) electrons. The summed E-state index contributed by atoms with van der Waals surface area (Å²) in [6.07, 6.45) is 3.33. The van der Waals surface area contributed by atoms with Crippen LogP contribution in [-0.4, -0.2) is 19.2 Å². The predicted molar refractivity (Wildman–Crippen MR) is 61.1 cm³/mol. The molecule has 0 saturated heterocycles. The van der Waals surface area contributed by atoms with Crippen LogP contribution in [0.5, 0.6) is 5.75 Å². The Balaban J connectivity index is 2.17. The Bertz CT molecular complexity index is 446. The minimum Gasteiger partial charge on any atom is -0.488 e. The smallest absolute Gasteiger partial charge is 0.337 e. The molecule has 1 aliphatic rings. The topological polar surface area (TPSA) is 35.5 Å². The number of rotatable bonds is 3. The summed E-state index contributed by atoms with van der Waals surface area (Å²) in [5, 5.41) is 0. The van der Waals surface area contributed by atoms with Gasteiger partial charge in [0.25, 0.3) is 0 Å². The highest BCUT2D eigenvalue weighted by Crippen LogP contribution is 2.25. The van der Waals surface area contributed by atoms with E-state index in [9.17, 15) is 4.79 Å². The molecular weight excluding hydrogens is 204 g/mol. The second-order valence-electron chi connectivity index (χ2n) is 3.38. The fourth-order valence-corrected chi connectivity index (χ4v) is 1.46. The fourth-order valence-electron chi connectivity index (χ4n) is 1.46. The van der Waals surface area contributed by atoms with Gasteiger partial charge < -0.3 is 9.47 Å². The molecule has 0 fully saturated rings. The van der Waals surface area contributed by atoms with E-state index in [1.54, 1.807) is 6.08 Å². The van der Waals surface area contributed by atoms with Crippen molar-refractivity contribution in [3.05, 3.63) is 48.1 Å². The van der Waals surface area contributed by atoms with Crippen molar-refractivity contribution in [3.63, 3.8) is 0 Å². The van der Waals surface area contributed by atoms with Gasteiger partial charge in [0.1, 0.15) is 19.0 Å². The summed E-state index contributed by atoms with van der Waals surface area (Å²) in [5.74, 6) is 0.442. The third-order valence-corrected chi connectivity index (χ3v) is 2.23. The molecule has 0 N–H and O–H groups in total. The van der Waals surface area contributed by atoms with E-state index in [0.29, 0.717) is 5.57 Å². The monoisotopic (exact) mass is 216 g/mol. The van der Waals surface area contributed by atoms with E-state index in [-0.39, 0.29) is 19.2 Å². The fraction of sp³-hybridized carbons (Fsp3) is 0.154. The third kappa shape index (κ3) is 2.14. The van der Waals surface area contributed by atoms with Gasteiger partial charge in [-0.25, -0.2) is 4.79 Å². The average molecular weight is 216 g/mol. The lowest BCUT2D eigenvalue weighted by Gasteiger charge is -2.16. The van der Waals surface area contributed by atoms with Gasteiger partial charge in [-0.15, -0.1) is 0 Å². The van der Waals surface area contributed by atoms with E-state index < -0.39 is 0 Å². The number of hydrogen-bond acceptors (Lipinski definition) is 3. The van der Waals surface area contributed by atoms with Crippen molar-refractivity contribution in [1.82, 2.24) is 0 Å². The largest absolute Gasteiger partial charge is 0.488 e. The average Bonchev–Trinajstić information content (AvgIpc) is 2.35. The maximum atomic E-state index is 11.5. The molecule has 0 unspecified atom stereocenters. The van der Waals surface area contributed by atoms with Gasteiger partial charge in [0, 0.05) is 5.56 Å². The second kappa shape index (κ2) is 4.66. The van der Waals surface area contributed by atoms with Crippen molar-refractivity contribution >= 4 is 12.0 Å². The molecular formula is C13H12O3. The lowest BCUT2D eigenvalue weighted by Crippen LogP contribution is -2.17. The molecule has 2 rings (SSSR count). The van der Waals surface area contributed by atoms with E-state index in [1.807, 2.05) is 24.3 Å². The zero-order valence-corrected chi connectivity index (χ0v) is 8.81. The summed E-state index contributed by atoms with van der Waals surface area (Å²) in [5.41, 5.74) is 1.43. The van der Waals surface area contributed by atoms with E-state index in [2.05, 4.69) is 6.58 Å². The lowest BCUT2D eigenvalue weighted by molar-refractivity contribution is -0.138. The number of hydrogen-bond donors (Lipinski definition) is 0. The molecule has 1 heterocycles. The number of fused-ring (bicyclic) bond motifs is 1. The van der Waals surface area contributed by atoms with Crippen molar-refractivity contribution in [2.45, 2.75) is 0 Å². The SMILES string of the molecule is C=CCOC(=O)C1=Cc2ccccc2OC1. The quantitative estimate of drug-likeness (QED) is 0.574. The van der Waals surface area contributed by atoms with E-state index in [4.69, 9.17) is 9.47 Å². The molecule has 0 aromatic heterocycles. The Morgan fingerprint density at radius 2 is 2.31 bits per heavy atom. The van der Waals surface area contributed by atoms with Crippen LogP contribution in [0.25, 0.3) is 6.08 Å². The van der Waals surface area contributed by atoms with Gasteiger partial charge in [-0.3, -0.25) is 0 Å². The molecule has 82 valence electrons. The summed E-state index contributed by atoms with van der Waals surface area (Å²) in [4.78, 5) is 11.5. The normalized spacial score (nSPS) is 13.1. The standard InChI is InChI=1S/C13H12O3/c1-2-7-15-13(14)11-8-10-5-3-4-6-12(10)16-9-11/h2-6,8H,1,7,9H2. The van der Waals surface area contributed by atoms with Crippen LogP contribution in [0, 0.1) is 0 Å². The number of carbonyl (C=O) groups excluding carboxylic acids is 1. The molecule has 0 spiro atoms. The van der Waals surface area contributed by atoms with Gasteiger partial charge in [-0.2, -0.15) is 0 Å². The predicted octanol–water partition coefficient (Wildman–Crippen LogP) is 2.19. The van der Waals surface area contributed by atoms with E-state index in [1.165, 1.54) is 6.08 Å². The van der Waals surface area contributed by atoms with Gasteiger partial charge in [-0.1, -0.05) is 30.9 Å². The van der Waals surface area contributed by atoms with Gasteiger partial charge >= 0.3 is 5.97 Å². The molecule has 16 heavy (non-hydrogen) atoms. The van der Waals surface area contributed by atoms with Crippen molar-refractivity contribution < 1.29 is 14.3 Å². The molecule has 3 heteroatoms. The Labute approximate surface area is 94.0 Å². The van der Waals surface area contributed by atoms with Gasteiger partial charge in [0.05, 0.1) is 5.57 Å². The van der Waals surface area contributed by atoms with Crippen molar-refractivity contribution in [2.24, 2.45) is 0 Å². The lowest BCUT2D eigenvalue weighted by atomic mass is 10.1. The highest BCUT2D eigenvalue weighted by molar-refractivity contribution is 5.95. The van der Waals surface area contributed by atoms with Gasteiger partial charge in [0.2, 0.25) is 0 Å². The number of para-hydroxylation sites is 1. The first-order valence-electron chi connectivity index (χ1n) is 5.01.